The zero-order chi connectivity index (χ0) is 23.3. The van der Waals surface area contributed by atoms with Crippen molar-refractivity contribution in [2.45, 2.75) is 4.90 Å². The Morgan fingerprint density at radius 2 is 1.91 bits per heavy atom. The average molecular weight is 484 g/mol. The van der Waals surface area contributed by atoms with Crippen molar-refractivity contribution in [3.63, 3.8) is 0 Å². The number of halogens is 1. The van der Waals surface area contributed by atoms with Gasteiger partial charge in [0, 0.05) is 30.9 Å². The summed E-state index contributed by atoms with van der Waals surface area (Å²) in [5.74, 6) is -1.66. The third kappa shape index (κ3) is 5.59. The van der Waals surface area contributed by atoms with Crippen LogP contribution in [0.1, 0.15) is 10.4 Å². The molecule has 0 aliphatic carbocycles. The highest BCUT2D eigenvalue weighted by Gasteiger charge is 2.28. The molecule has 0 saturated carbocycles. The number of nitrogens with one attached hydrogen (secondary N) is 1. The van der Waals surface area contributed by atoms with Gasteiger partial charge >= 0.3 is 5.97 Å². The number of nitro groups is 1. The highest BCUT2D eigenvalue weighted by molar-refractivity contribution is 7.89. The van der Waals surface area contributed by atoms with Crippen LogP contribution in [0.3, 0.4) is 0 Å². The quantitative estimate of drug-likeness (QED) is 0.358. The molecule has 0 radical (unpaired) electrons. The lowest BCUT2D eigenvalue weighted by atomic mass is 10.2. The van der Waals surface area contributed by atoms with E-state index in [0.717, 1.165) is 6.07 Å². The van der Waals surface area contributed by atoms with Gasteiger partial charge in [-0.05, 0) is 24.3 Å². The Hall–Kier alpha value is -3.06. The number of hydrogen-bond acceptors (Lipinski definition) is 8. The van der Waals surface area contributed by atoms with E-state index >= 15 is 0 Å². The van der Waals surface area contributed by atoms with E-state index in [4.69, 9.17) is 21.1 Å². The Bertz CT molecular complexity index is 1150. The Morgan fingerprint density at radius 3 is 2.59 bits per heavy atom. The summed E-state index contributed by atoms with van der Waals surface area (Å²) in [6.07, 6.45) is 0. The SMILES string of the molecule is O=C(COC(=O)c1cccc([N+](=O)[O-])c1)Nc1ccc(Cl)c(S(=O)(=O)N2CCOCC2)c1. The smallest absolute Gasteiger partial charge is 0.338 e. The number of non-ortho nitro benzene ring substituents is 1. The maximum Gasteiger partial charge on any atom is 0.338 e. The van der Waals surface area contributed by atoms with Crippen LogP contribution in [0.25, 0.3) is 0 Å². The zero-order valence-corrected chi connectivity index (χ0v) is 18.1. The average Bonchev–Trinajstić information content (AvgIpc) is 2.79. The molecule has 32 heavy (non-hydrogen) atoms. The van der Waals surface area contributed by atoms with Crippen molar-refractivity contribution in [3.8, 4) is 0 Å². The van der Waals surface area contributed by atoms with Gasteiger partial charge < -0.3 is 14.8 Å². The number of ether oxygens (including phenoxy) is 2. The van der Waals surface area contributed by atoms with E-state index in [-0.39, 0.29) is 53.2 Å². The molecule has 0 bridgehead atoms. The topological polar surface area (TPSA) is 145 Å². The first-order valence-electron chi connectivity index (χ1n) is 9.27. The summed E-state index contributed by atoms with van der Waals surface area (Å²) in [6, 6.07) is 8.83. The first-order chi connectivity index (χ1) is 15.2. The summed E-state index contributed by atoms with van der Waals surface area (Å²) < 4.78 is 37.0. The van der Waals surface area contributed by atoms with Gasteiger partial charge in [0.05, 0.1) is 28.7 Å². The van der Waals surface area contributed by atoms with Gasteiger partial charge in [0.1, 0.15) is 4.90 Å². The highest BCUT2D eigenvalue weighted by atomic mass is 35.5. The lowest BCUT2D eigenvalue weighted by Gasteiger charge is -2.26. The second-order valence-corrected chi connectivity index (χ2v) is 8.91. The van der Waals surface area contributed by atoms with E-state index < -0.39 is 33.4 Å². The predicted molar refractivity (Wildman–Crippen MR) is 113 cm³/mol. The molecular formula is C19H18ClN3O8S. The standard InChI is InChI=1S/C19H18ClN3O8S/c20-16-5-4-14(11-17(16)32(28,29)22-6-8-30-9-7-22)21-18(24)12-31-19(25)13-2-1-3-15(10-13)23(26)27/h1-5,10-11H,6-9,12H2,(H,21,24). The summed E-state index contributed by atoms with van der Waals surface area (Å²) in [5, 5.41) is 13.2. The van der Waals surface area contributed by atoms with E-state index in [9.17, 15) is 28.1 Å². The summed E-state index contributed by atoms with van der Waals surface area (Å²) in [5.41, 5.74) is -0.242. The number of carbonyl (C=O) groups excluding carboxylic acids is 2. The van der Waals surface area contributed by atoms with Crippen molar-refractivity contribution in [2.75, 3.05) is 38.2 Å². The Balaban J connectivity index is 1.65. The van der Waals surface area contributed by atoms with Gasteiger partial charge in [-0.25, -0.2) is 13.2 Å². The molecule has 2 aromatic rings. The van der Waals surface area contributed by atoms with E-state index in [2.05, 4.69) is 5.32 Å². The number of nitrogens with zero attached hydrogens (tertiary/aromatic N) is 2. The van der Waals surface area contributed by atoms with Crippen LogP contribution >= 0.6 is 11.6 Å². The molecule has 0 spiro atoms. The predicted octanol–water partition coefficient (Wildman–Crippen LogP) is 2.06. The van der Waals surface area contributed by atoms with Crippen LogP contribution in [-0.2, 0) is 24.3 Å². The number of hydrogen-bond donors (Lipinski definition) is 1. The van der Waals surface area contributed by atoms with Crippen molar-refractivity contribution in [1.82, 2.24) is 4.31 Å². The number of amides is 1. The van der Waals surface area contributed by atoms with Gasteiger partial charge in [0.25, 0.3) is 11.6 Å². The van der Waals surface area contributed by atoms with Crippen molar-refractivity contribution >= 4 is 44.9 Å². The van der Waals surface area contributed by atoms with Crippen LogP contribution < -0.4 is 5.32 Å². The van der Waals surface area contributed by atoms with Crippen LogP contribution in [0.2, 0.25) is 5.02 Å². The molecule has 0 aromatic heterocycles. The maximum atomic E-state index is 12.8. The van der Waals surface area contributed by atoms with Gasteiger partial charge in [-0.15, -0.1) is 0 Å². The molecule has 1 aliphatic heterocycles. The first-order valence-corrected chi connectivity index (χ1v) is 11.1. The van der Waals surface area contributed by atoms with E-state index in [1.54, 1.807) is 0 Å². The number of carbonyl (C=O) groups is 2. The van der Waals surface area contributed by atoms with Gasteiger partial charge in [0.15, 0.2) is 6.61 Å². The molecule has 0 atom stereocenters. The largest absolute Gasteiger partial charge is 0.452 e. The number of rotatable bonds is 7. The number of anilines is 1. The normalized spacial score (nSPS) is 14.5. The minimum atomic E-state index is -3.89. The second-order valence-electron chi connectivity index (χ2n) is 6.59. The maximum absolute atomic E-state index is 12.8. The first kappa shape index (κ1) is 23.6. The summed E-state index contributed by atoms with van der Waals surface area (Å²) in [7, 11) is -3.89. The van der Waals surface area contributed by atoms with Gasteiger partial charge in [-0.2, -0.15) is 4.31 Å². The third-order valence-corrected chi connectivity index (χ3v) is 6.81. The summed E-state index contributed by atoms with van der Waals surface area (Å²) >= 11 is 6.07. The lowest BCUT2D eigenvalue weighted by Crippen LogP contribution is -2.40. The molecule has 1 amide bonds. The molecule has 13 heteroatoms. The molecule has 2 aromatic carbocycles. The Labute approximate surface area is 188 Å². The van der Waals surface area contributed by atoms with Gasteiger partial charge in [-0.3, -0.25) is 14.9 Å². The van der Waals surface area contributed by atoms with Crippen LogP contribution in [0.15, 0.2) is 47.4 Å². The molecule has 3 rings (SSSR count). The summed E-state index contributed by atoms with van der Waals surface area (Å²) in [6.45, 7) is 0.216. The second kappa shape index (κ2) is 10.0. The zero-order valence-electron chi connectivity index (χ0n) is 16.5. The summed E-state index contributed by atoms with van der Waals surface area (Å²) in [4.78, 5) is 34.2. The fourth-order valence-corrected chi connectivity index (χ4v) is 4.77. The van der Waals surface area contributed by atoms with Gasteiger partial charge in [0.2, 0.25) is 10.0 Å². The number of nitro benzene ring substituents is 1. The van der Waals surface area contributed by atoms with Crippen molar-refractivity contribution < 1.29 is 32.4 Å². The van der Waals surface area contributed by atoms with E-state index in [1.165, 1.54) is 40.7 Å². The third-order valence-electron chi connectivity index (χ3n) is 4.43. The highest BCUT2D eigenvalue weighted by Crippen LogP contribution is 2.28. The van der Waals surface area contributed by atoms with E-state index in [1.807, 2.05) is 0 Å². The molecule has 11 nitrogen and oxygen atoms in total. The Morgan fingerprint density at radius 1 is 1.19 bits per heavy atom. The van der Waals surface area contributed by atoms with Crippen molar-refractivity contribution in [1.29, 1.82) is 0 Å². The Kier molecular flexibility index (Phi) is 7.40. The molecule has 1 heterocycles. The number of morpholine rings is 1. The molecule has 1 saturated heterocycles. The molecule has 0 unspecified atom stereocenters. The van der Waals surface area contributed by atoms with Crippen LogP contribution in [-0.4, -0.2) is 62.4 Å². The van der Waals surface area contributed by atoms with Crippen molar-refractivity contribution in [2.24, 2.45) is 0 Å². The van der Waals surface area contributed by atoms with Gasteiger partial charge in [-0.1, -0.05) is 17.7 Å². The van der Waals surface area contributed by atoms with Crippen LogP contribution in [0, 0.1) is 10.1 Å². The molecule has 1 N–H and O–H groups in total. The fraction of sp³-hybridized carbons (Fsp3) is 0.263. The molecule has 170 valence electrons. The van der Waals surface area contributed by atoms with E-state index in [0.29, 0.717) is 0 Å². The van der Waals surface area contributed by atoms with Crippen LogP contribution in [0.4, 0.5) is 11.4 Å². The van der Waals surface area contributed by atoms with Crippen molar-refractivity contribution in [3.05, 3.63) is 63.2 Å². The monoisotopic (exact) mass is 483 g/mol. The molecule has 1 aliphatic rings. The molecule has 1 fully saturated rings. The minimum absolute atomic E-state index is 0.00779. The number of esters is 1. The molecular weight excluding hydrogens is 466 g/mol. The van der Waals surface area contributed by atoms with Crippen LogP contribution in [0.5, 0.6) is 0 Å². The fourth-order valence-electron chi connectivity index (χ4n) is 2.86. The lowest BCUT2D eigenvalue weighted by molar-refractivity contribution is -0.384. The number of benzene rings is 2. The number of sulfonamides is 1. The minimum Gasteiger partial charge on any atom is -0.452 e.